The van der Waals surface area contributed by atoms with Crippen molar-refractivity contribution in [1.82, 2.24) is 0 Å². The van der Waals surface area contributed by atoms with Crippen LogP contribution in [0.15, 0.2) is 42.5 Å². The predicted molar refractivity (Wildman–Crippen MR) is 92.4 cm³/mol. The summed E-state index contributed by atoms with van der Waals surface area (Å²) < 4.78 is 10.1. The van der Waals surface area contributed by atoms with Crippen molar-refractivity contribution in [3.8, 4) is 11.8 Å². The number of carbonyl (C=O) groups excluding carboxylic acids is 2. The van der Waals surface area contributed by atoms with Gasteiger partial charge in [-0.25, -0.2) is 4.79 Å². The van der Waals surface area contributed by atoms with Crippen molar-refractivity contribution in [2.75, 3.05) is 18.5 Å². The zero-order chi connectivity index (χ0) is 18.2. The van der Waals surface area contributed by atoms with Crippen molar-refractivity contribution in [3.05, 3.63) is 58.6 Å². The van der Waals surface area contributed by atoms with Gasteiger partial charge in [0.15, 0.2) is 13.2 Å². The van der Waals surface area contributed by atoms with Crippen molar-refractivity contribution >= 4 is 29.2 Å². The first kappa shape index (κ1) is 18.3. The fraction of sp³-hybridized carbons (Fsp3) is 0.167. The third kappa shape index (κ3) is 5.83. The number of halogens is 1. The minimum absolute atomic E-state index is 0.354. The number of amides is 1. The number of hydrogen-bond acceptors (Lipinski definition) is 5. The first-order valence-electron chi connectivity index (χ1n) is 7.32. The molecule has 0 aliphatic carbocycles. The molecule has 0 saturated heterocycles. The van der Waals surface area contributed by atoms with E-state index in [1.807, 2.05) is 19.1 Å². The molecule has 2 aromatic rings. The monoisotopic (exact) mass is 358 g/mol. The van der Waals surface area contributed by atoms with Crippen LogP contribution in [0.2, 0.25) is 5.02 Å². The van der Waals surface area contributed by atoms with E-state index in [2.05, 4.69) is 5.32 Å². The number of nitriles is 1. The Labute approximate surface area is 149 Å². The number of nitrogens with zero attached hydrogens (tertiary/aromatic N) is 1. The highest BCUT2D eigenvalue weighted by Crippen LogP contribution is 2.25. The van der Waals surface area contributed by atoms with Gasteiger partial charge in [0.25, 0.3) is 5.91 Å². The molecule has 0 aliphatic heterocycles. The van der Waals surface area contributed by atoms with Crippen LogP contribution in [0.1, 0.15) is 11.1 Å². The van der Waals surface area contributed by atoms with E-state index >= 15 is 0 Å². The Morgan fingerprint density at radius 1 is 1.16 bits per heavy atom. The van der Waals surface area contributed by atoms with Gasteiger partial charge in [0.05, 0.1) is 16.7 Å². The number of benzene rings is 2. The fourth-order valence-electron chi connectivity index (χ4n) is 1.87. The highest BCUT2D eigenvalue weighted by atomic mass is 35.5. The Kier molecular flexibility index (Phi) is 6.38. The molecule has 0 aromatic heterocycles. The Morgan fingerprint density at radius 3 is 2.56 bits per heavy atom. The second-order valence-electron chi connectivity index (χ2n) is 5.12. The number of ether oxygens (including phenoxy) is 2. The Bertz CT molecular complexity index is 813. The van der Waals surface area contributed by atoms with Gasteiger partial charge in [0.1, 0.15) is 5.75 Å². The highest BCUT2D eigenvalue weighted by Gasteiger charge is 2.10. The maximum Gasteiger partial charge on any atom is 0.344 e. The summed E-state index contributed by atoms with van der Waals surface area (Å²) in [5.74, 6) is -0.806. The first-order valence-corrected chi connectivity index (χ1v) is 7.70. The summed E-state index contributed by atoms with van der Waals surface area (Å²) in [5.41, 5.74) is 1.92. The van der Waals surface area contributed by atoms with Crippen molar-refractivity contribution in [2.24, 2.45) is 0 Å². The Morgan fingerprint density at radius 2 is 1.88 bits per heavy atom. The van der Waals surface area contributed by atoms with E-state index in [4.69, 9.17) is 26.3 Å². The van der Waals surface area contributed by atoms with E-state index < -0.39 is 18.5 Å². The van der Waals surface area contributed by atoms with E-state index in [1.165, 1.54) is 0 Å². The van der Waals surface area contributed by atoms with Crippen LogP contribution >= 0.6 is 11.6 Å². The van der Waals surface area contributed by atoms with Crippen LogP contribution in [0, 0.1) is 18.3 Å². The molecule has 0 radical (unpaired) electrons. The zero-order valence-electron chi connectivity index (χ0n) is 13.4. The lowest BCUT2D eigenvalue weighted by Gasteiger charge is -2.09. The smallest absolute Gasteiger partial charge is 0.344 e. The fourth-order valence-corrected chi connectivity index (χ4v) is 2.04. The van der Waals surface area contributed by atoms with E-state index in [-0.39, 0.29) is 6.61 Å². The second-order valence-corrected chi connectivity index (χ2v) is 5.53. The minimum atomic E-state index is -0.687. The van der Waals surface area contributed by atoms with Gasteiger partial charge in [-0.1, -0.05) is 17.7 Å². The van der Waals surface area contributed by atoms with Crippen molar-refractivity contribution in [3.63, 3.8) is 0 Å². The molecule has 128 valence electrons. The molecule has 0 fully saturated rings. The minimum Gasteiger partial charge on any atom is -0.480 e. The second kappa shape index (κ2) is 8.71. The van der Waals surface area contributed by atoms with E-state index in [1.54, 1.807) is 36.4 Å². The van der Waals surface area contributed by atoms with Gasteiger partial charge >= 0.3 is 5.97 Å². The van der Waals surface area contributed by atoms with Gasteiger partial charge in [-0.05, 0) is 48.9 Å². The normalized spacial score (nSPS) is 9.80. The summed E-state index contributed by atoms with van der Waals surface area (Å²) in [4.78, 5) is 23.4. The topological polar surface area (TPSA) is 88.4 Å². The van der Waals surface area contributed by atoms with Crippen molar-refractivity contribution < 1.29 is 19.1 Å². The number of hydrogen-bond donors (Lipinski definition) is 1. The molecule has 7 heteroatoms. The quantitative estimate of drug-likeness (QED) is 0.801. The molecular weight excluding hydrogens is 344 g/mol. The van der Waals surface area contributed by atoms with Gasteiger partial charge in [-0.3, -0.25) is 4.79 Å². The number of carbonyl (C=O) groups is 2. The number of esters is 1. The largest absolute Gasteiger partial charge is 0.480 e. The number of rotatable bonds is 6. The molecule has 6 nitrogen and oxygen atoms in total. The lowest BCUT2D eigenvalue weighted by atomic mass is 10.2. The van der Waals surface area contributed by atoms with Gasteiger partial charge in [-0.2, -0.15) is 5.26 Å². The number of anilines is 1. The maximum absolute atomic E-state index is 11.7. The molecule has 2 rings (SSSR count). The molecule has 25 heavy (non-hydrogen) atoms. The summed E-state index contributed by atoms with van der Waals surface area (Å²) in [6.07, 6.45) is 0. The van der Waals surface area contributed by atoms with Crippen LogP contribution in [-0.4, -0.2) is 25.1 Å². The molecule has 0 unspecified atom stereocenters. The molecule has 0 bridgehead atoms. The molecule has 0 spiro atoms. The summed E-state index contributed by atoms with van der Waals surface area (Å²) in [6, 6.07) is 13.5. The molecule has 2 aromatic carbocycles. The average molecular weight is 359 g/mol. The zero-order valence-corrected chi connectivity index (χ0v) is 14.2. The van der Waals surface area contributed by atoms with Crippen LogP contribution < -0.4 is 10.1 Å². The van der Waals surface area contributed by atoms with Gasteiger partial charge in [0.2, 0.25) is 0 Å². The standard InChI is InChI=1S/C18H15ClN2O4/c1-12-2-7-15(19)16(8-12)24-11-18(23)25-10-17(22)21-14-5-3-13(9-20)4-6-14/h2-8H,10-11H2,1H3,(H,21,22). The summed E-state index contributed by atoms with van der Waals surface area (Å²) >= 11 is 5.96. The Balaban J connectivity index is 1.76. The Hall–Kier alpha value is -3.04. The maximum atomic E-state index is 11.7. The predicted octanol–water partition coefficient (Wildman–Crippen LogP) is 3.08. The lowest BCUT2D eigenvalue weighted by Crippen LogP contribution is -2.23. The summed E-state index contributed by atoms with van der Waals surface area (Å²) in [6.45, 7) is 1.08. The molecule has 0 heterocycles. The van der Waals surface area contributed by atoms with Crippen LogP contribution in [0.4, 0.5) is 5.69 Å². The van der Waals surface area contributed by atoms with E-state index in [0.29, 0.717) is 22.0 Å². The molecule has 0 saturated carbocycles. The first-order chi connectivity index (χ1) is 12.0. The van der Waals surface area contributed by atoms with Crippen molar-refractivity contribution in [1.29, 1.82) is 5.26 Å². The van der Waals surface area contributed by atoms with Crippen LogP contribution in [0.5, 0.6) is 5.75 Å². The molecule has 0 aliphatic rings. The lowest BCUT2D eigenvalue weighted by molar-refractivity contribution is -0.149. The molecule has 1 amide bonds. The summed E-state index contributed by atoms with van der Waals surface area (Å²) in [5, 5.41) is 11.6. The average Bonchev–Trinajstić information content (AvgIpc) is 2.61. The van der Waals surface area contributed by atoms with Gasteiger partial charge in [-0.15, -0.1) is 0 Å². The highest BCUT2D eigenvalue weighted by molar-refractivity contribution is 6.32. The van der Waals surface area contributed by atoms with Crippen molar-refractivity contribution in [2.45, 2.75) is 6.92 Å². The molecular formula is C18H15ClN2O4. The number of nitrogens with one attached hydrogen (secondary N) is 1. The van der Waals surface area contributed by atoms with Gasteiger partial charge < -0.3 is 14.8 Å². The third-order valence-corrected chi connectivity index (χ3v) is 3.41. The molecule has 1 N–H and O–H groups in total. The SMILES string of the molecule is Cc1ccc(Cl)c(OCC(=O)OCC(=O)Nc2ccc(C#N)cc2)c1. The van der Waals surface area contributed by atoms with Crippen LogP contribution in [0.25, 0.3) is 0 Å². The molecule has 0 atom stereocenters. The van der Waals surface area contributed by atoms with E-state index in [9.17, 15) is 9.59 Å². The number of aryl methyl sites for hydroxylation is 1. The van der Waals surface area contributed by atoms with E-state index in [0.717, 1.165) is 5.56 Å². The third-order valence-electron chi connectivity index (χ3n) is 3.09. The summed E-state index contributed by atoms with van der Waals surface area (Å²) in [7, 11) is 0. The van der Waals surface area contributed by atoms with Crippen LogP contribution in [-0.2, 0) is 14.3 Å². The van der Waals surface area contributed by atoms with Gasteiger partial charge in [0, 0.05) is 5.69 Å². The van der Waals surface area contributed by atoms with Crippen LogP contribution in [0.3, 0.4) is 0 Å².